The lowest BCUT2D eigenvalue weighted by atomic mass is 9.90. The van der Waals surface area contributed by atoms with Crippen molar-refractivity contribution in [2.24, 2.45) is 11.7 Å². The molecule has 2 unspecified atom stereocenters. The molecule has 0 spiro atoms. The number of ether oxygens (including phenoxy) is 1. The number of hydrogen-bond donors (Lipinski definition) is 3. The van der Waals surface area contributed by atoms with Gasteiger partial charge in [-0.25, -0.2) is 0 Å². The third-order valence-corrected chi connectivity index (χ3v) is 2.62. The smallest absolute Gasteiger partial charge is 0.320 e. The van der Waals surface area contributed by atoms with Crippen molar-refractivity contribution in [3.63, 3.8) is 0 Å². The van der Waals surface area contributed by atoms with E-state index in [2.05, 4.69) is 0 Å². The molecule has 0 aromatic rings. The molecule has 1 aliphatic heterocycles. The average Bonchev–Trinajstić information content (AvgIpc) is 2.19. The van der Waals surface area contributed by atoms with E-state index in [0.717, 1.165) is 12.8 Å². The summed E-state index contributed by atoms with van der Waals surface area (Å²) in [5, 5.41) is 18.3. The monoisotopic (exact) mass is 239 g/mol. The Morgan fingerprint density at radius 3 is 2.47 bits per heavy atom. The summed E-state index contributed by atoms with van der Waals surface area (Å²) in [6, 6.07) is -0.965. The molecule has 0 aliphatic carbocycles. The van der Waals surface area contributed by atoms with Crippen LogP contribution in [-0.2, 0) is 9.53 Å². The molecule has 0 bridgehead atoms. The van der Waals surface area contributed by atoms with Crippen LogP contribution in [0.2, 0.25) is 0 Å². The van der Waals surface area contributed by atoms with Gasteiger partial charge < -0.3 is 20.7 Å². The summed E-state index contributed by atoms with van der Waals surface area (Å²) in [5.41, 5.74) is 5.33. The Kier molecular flexibility index (Phi) is 6.84. The van der Waals surface area contributed by atoms with Crippen LogP contribution in [-0.4, -0.2) is 41.5 Å². The van der Waals surface area contributed by atoms with E-state index in [4.69, 9.17) is 15.6 Å². The van der Waals surface area contributed by atoms with Gasteiger partial charge in [-0.1, -0.05) is 0 Å². The van der Waals surface area contributed by atoms with Crippen LogP contribution in [0.1, 0.15) is 19.3 Å². The van der Waals surface area contributed by atoms with Crippen molar-refractivity contribution in [1.82, 2.24) is 0 Å². The van der Waals surface area contributed by atoms with Crippen LogP contribution in [0.4, 0.5) is 0 Å². The second-order valence-corrected chi connectivity index (χ2v) is 3.70. The van der Waals surface area contributed by atoms with Crippen molar-refractivity contribution in [3.8, 4) is 0 Å². The number of carboxylic acids is 1. The molecule has 0 aromatic heterocycles. The van der Waals surface area contributed by atoms with Crippen LogP contribution < -0.4 is 5.73 Å². The lowest BCUT2D eigenvalue weighted by Crippen LogP contribution is -2.38. The molecule has 0 radical (unpaired) electrons. The molecule has 90 valence electrons. The number of aliphatic carboxylic acids is 1. The van der Waals surface area contributed by atoms with Gasteiger partial charge in [-0.3, -0.25) is 4.79 Å². The predicted molar refractivity (Wildman–Crippen MR) is 57.0 cm³/mol. The number of carbonyl (C=O) groups is 1. The van der Waals surface area contributed by atoms with Crippen LogP contribution in [0, 0.1) is 5.92 Å². The molecular formula is C9H18ClNO4. The van der Waals surface area contributed by atoms with Crippen molar-refractivity contribution in [1.29, 1.82) is 0 Å². The van der Waals surface area contributed by atoms with Gasteiger partial charge in [-0.2, -0.15) is 0 Å². The van der Waals surface area contributed by atoms with E-state index in [1.165, 1.54) is 0 Å². The molecule has 1 rings (SSSR count). The third kappa shape index (κ3) is 4.79. The lowest BCUT2D eigenvalue weighted by Gasteiger charge is -2.27. The Labute approximate surface area is 95.0 Å². The Morgan fingerprint density at radius 1 is 1.47 bits per heavy atom. The van der Waals surface area contributed by atoms with Gasteiger partial charge in [0.15, 0.2) is 0 Å². The molecule has 6 heteroatoms. The van der Waals surface area contributed by atoms with Crippen molar-refractivity contribution < 1.29 is 19.7 Å². The fourth-order valence-corrected chi connectivity index (χ4v) is 1.65. The maximum Gasteiger partial charge on any atom is 0.320 e. The number of rotatable bonds is 4. The molecular weight excluding hydrogens is 222 g/mol. The molecule has 4 N–H and O–H groups in total. The summed E-state index contributed by atoms with van der Waals surface area (Å²) < 4.78 is 5.14. The van der Waals surface area contributed by atoms with Crippen LogP contribution in [0.5, 0.6) is 0 Å². The number of nitrogens with two attached hydrogens (primary N) is 1. The summed E-state index contributed by atoms with van der Waals surface area (Å²) in [6.07, 6.45) is 1.08. The van der Waals surface area contributed by atoms with E-state index in [9.17, 15) is 9.90 Å². The minimum absolute atomic E-state index is 0. The summed E-state index contributed by atoms with van der Waals surface area (Å²) >= 11 is 0. The molecule has 1 heterocycles. The zero-order valence-corrected chi connectivity index (χ0v) is 9.28. The van der Waals surface area contributed by atoms with Gasteiger partial charge in [0, 0.05) is 13.2 Å². The van der Waals surface area contributed by atoms with Gasteiger partial charge in [-0.05, 0) is 25.2 Å². The fraction of sp³-hybridized carbons (Fsp3) is 0.889. The highest BCUT2D eigenvalue weighted by Crippen LogP contribution is 2.21. The van der Waals surface area contributed by atoms with Crippen LogP contribution >= 0.6 is 12.4 Å². The first-order valence-corrected chi connectivity index (χ1v) is 4.85. The first-order valence-electron chi connectivity index (χ1n) is 4.85. The van der Waals surface area contributed by atoms with E-state index < -0.39 is 18.1 Å². The third-order valence-electron chi connectivity index (χ3n) is 2.62. The lowest BCUT2D eigenvalue weighted by molar-refractivity contribution is -0.139. The molecule has 1 fully saturated rings. The maximum absolute atomic E-state index is 10.5. The fourth-order valence-electron chi connectivity index (χ4n) is 1.65. The van der Waals surface area contributed by atoms with Gasteiger partial charge in [0.1, 0.15) is 6.04 Å². The number of aliphatic hydroxyl groups excluding tert-OH is 1. The largest absolute Gasteiger partial charge is 0.480 e. The van der Waals surface area contributed by atoms with Gasteiger partial charge >= 0.3 is 5.97 Å². The highest BCUT2D eigenvalue weighted by molar-refractivity contribution is 5.85. The minimum Gasteiger partial charge on any atom is -0.480 e. The number of halogens is 1. The van der Waals surface area contributed by atoms with E-state index >= 15 is 0 Å². The van der Waals surface area contributed by atoms with E-state index in [1.54, 1.807) is 0 Å². The minimum atomic E-state index is -1.06. The molecule has 0 saturated carbocycles. The Morgan fingerprint density at radius 2 is 2.00 bits per heavy atom. The van der Waals surface area contributed by atoms with Gasteiger partial charge in [-0.15, -0.1) is 12.4 Å². The van der Waals surface area contributed by atoms with Crippen molar-refractivity contribution in [3.05, 3.63) is 0 Å². The van der Waals surface area contributed by atoms with Gasteiger partial charge in [0.05, 0.1) is 6.10 Å². The van der Waals surface area contributed by atoms with Crippen molar-refractivity contribution in [2.45, 2.75) is 31.4 Å². The zero-order valence-electron chi connectivity index (χ0n) is 8.46. The van der Waals surface area contributed by atoms with Gasteiger partial charge in [0.25, 0.3) is 0 Å². The topological polar surface area (TPSA) is 92.8 Å². The molecule has 15 heavy (non-hydrogen) atoms. The Balaban J connectivity index is 0.00000196. The first kappa shape index (κ1) is 14.6. The number of hydrogen-bond acceptors (Lipinski definition) is 4. The zero-order chi connectivity index (χ0) is 10.6. The van der Waals surface area contributed by atoms with Crippen LogP contribution in [0.25, 0.3) is 0 Å². The highest BCUT2D eigenvalue weighted by Gasteiger charge is 2.25. The van der Waals surface area contributed by atoms with Crippen LogP contribution in [0.3, 0.4) is 0 Å². The average molecular weight is 240 g/mol. The molecule has 1 aliphatic rings. The van der Waals surface area contributed by atoms with Crippen molar-refractivity contribution >= 4 is 18.4 Å². The summed E-state index contributed by atoms with van der Waals surface area (Å²) in [4.78, 5) is 10.5. The second kappa shape index (κ2) is 7.00. The summed E-state index contributed by atoms with van der Waals surface area (Å²) in [5.74, 6) is -0.926. The summed E-state index contributed by atoms with van der Waals surface area (Å²) in [6.45, 7) is 1.29. The first-order chi connectivity index (χ1) is 6.61. The molecule has 0 amide bonds. The van der Waals surface area contributed by atoms with Crippen molar-refractivity contribution in [2.75, 3.05) is 13.2 Å². The SMILES string of the molecule is Cl.NC(CC(O)C1CCOCC1)C(=O)O. The number of aliphatic hydroxyl groups is 1. The normalized spacial score (nSPS) is 21.5. The highest BCUT2D eigenvalue weighted by atomic mass is 35.5. The molecule has 2 atom stereocenters. The predicted octanol–water partition coefficient (Wildman–Crippen LogP) is -0.00230. The second-order valence-electron chi connectivity index (χ2n) is 3.70. The maximum atomic E-state index is 10.5. The quantitative estimate of drug-likeness (QED) is 0.642. The molecule has 1 saturated heterocycles. The van der Waals surface area contributed by atoms with Gasteiger partial charge in [0.2, 0.25) is 0 Å². The van der Waals surface area contributed by atoms with E-state index in [0.29, 0.717) is 13.2 Å². The number of carboxylic acid groups (broad SMARTS) is 1. The Hall–Kier alpha value is -0.360. The van der Waals surface area contributed by atoms with E-state index in [1.807, 2.05) is 0 Å². The van der Waals surface area contributed by atoms with Crippen LogP contribution in [0.15, 0.2) is 0 Å². The molecule has 5 nitrogen and oxygen atoms in total. The summed E-state index contributed by atoms with van der Waals surface area (Å²) in [7, 11) is 0. The molecule has 0 aromatic carbocycles. The standard InChI is InChI=1S/C9H17NO4.ClH/c10-7(9(12)13)5-8(11)6-1-3-14-4-2-6;/h6-8,11H,1-5,10H2,(H,12,13);1H. The Bertz CT molecular complexity index is 197. The van der Waals surface area contributed by atoms with E-state index in [-0.39, 0.29) is 24.7 Å².